The lowest BCUT2D eigenvalue weighted by Crippen LogP contribution is -2.24. The second kappa shape index (κ2) is 8.81. The normalized spacial score (nSPS) is 10.9. The molecule has 0 saturated carbocycles. The molecule has 1 aromatic rings. The maximum Gasteiger partial charge on any atom is 0.123 e. The van der Waals surface area contributed by atoms with Gasteiger partial charge in [-0.05, 0) is 38.4 Å². The third-order valence-corrected chi connectivity index (χ3v) is 3.00. The zero-order valence-electron chi connectivity index (χ0n) is 12.5. The van der Waals surface area contributed by atoms with Crippen LogP contribution >= 0.6 is 0 Å². The Kier molecular flexibility index (Phi) is 7.34. The van der Waals surface area contributed by atoms with E-state index in [-0.39, 0.29) is 0 Å². The molecule has 0 spiro atoms. The zero-order chi connectivity index (χ0) is 14.1. The summed E-state index contributed by atoms with van der Waals surface area (Å²) >= 11 is 0. The highest BCUT2D eigenvalue weighted by Gasteiger charge is 2.08. The van der Waals surface area contributed by atoms with Gasteiger partial charge in [0.05, 0.1) is 6.61 Å². The summed E-state index contributed by atoms with van der Waals surface area (Å²) in [5.74, 6) is 1.09. The minimum atomic E-state index is 0.339. The van der Waals surface area contributed by atoms with Crippen molar-refractivity contribution in [2.24, 2.45) is 0 Å². The fraction of sp³-hybridized carbons (Fsp3) is 0.625. The van der Waals surface area contributed by atoms with Gasteiger partial charge in [0.15, 0.2) is 0 Å². The van der Waals surface area contributed by atoms with Crippen molar-refractivity contribution in [2.75, 3.05) is 19.7 Å². The van der Waals surface area contributed by atoms with E-state index in [9.17, 15) is 5.11 Å². The van der Waals surface area contributed by atoms with Crippen molar-refractivity contribution >= 4 is 0 Å². The number of benzene rings is 1. The molecule has 0 bridgehead atoms. The minimum Gasteiger partial charge on any atom is -0.507 e. The molecule has 1 aromatic carbocycles. The average molecular weight is 265 g/mol. The molecule has 0 radical (unpaired) electrons. The summed E-state index contributed by atoms with van der Waals surface area (Å²) in [6.07, 6.45) is 3.25. The Hall–Kier alpha value is -1.22. The topological polar surface area (TPSA) is 32.7 Å². The molecule has 0 aromatic heterocycles. The molecule has 0 aliphatic heterocycles. The highest BCUT2D eigenvalue weighted by atomic mass is 16.5. The van der Waals surface area contributed by atoms with Gasteiger partial charge < -0.3 is 9.84 Å². The molecule has 0 aliphatic carbocycles. The van der Waals surface area contributed by atoms with Crippen LogP contribution in [0.25, 0.3) is 0 Å². The Balaban J connectivity index is 2.66. The Bertz CT molecular complexity index is 360. The van der Waals surface area contributed by atoms with E-state index >= 15 is 0 Å². The molecule has 1 N–H and O–H groups in total. The van der Waals surface area contributed by atoms with Crippen molar-refractivity contribution in [1.82, 2.24) is 4.90 Å². The molecule has 0 amide bonds. The summed E-state index contributed by atoms with van der Waals surface area (Å²) in [5.41, 5.74) is 0.978. The van der Waals surface area contributed by atoms with E-state index in [1.165, 1.54) is 0 Å². The molecule has 0 aliphatic rings. The first-order valence-electron chi connectivity index (χ1n) is 7.38. The third-order valence-electron chi connectivity index (χ3n) is 3.00. The molecule has 108 valence electrons. The van der Waals surface area contributed by atoms with Crippen LogP contribution in [-0.4, -0.2) is 29.7 Å². The molecule has 0 unspecified atom stereocenters. The minimum absolute atomic E-state index is 0.339. The SMILES string of the molecule is CCCOc1ccc(CN(CCC)CCC)c(O)c1. The molecule has 1 rings (SSSR count). The first kappa shape index (κ1) is 15.8. The number of ether oxygens (including phenoxy) is 1. The van der Waals surface area contributed by atoms with E-state index < -0.39 is 0 Å². The molecular weight excluding hydrogens is 238 g/mol. The van der Waals surface area contributed by atoms with E-state index in [1.54, 1.807) is 6.07 Å². The number of rotatable bonds is 9. The summed E-state index contributed by atoms with van der Waals surface area (Å²) in [4.78, 5) is 2.38. The summed E-state index contributed by atoms with van der Waals surface area (Å²) in [7, 11) is 0. The molecule has 0 fully saturated rings. The van der Waals surface area contributed by atoms with E-state index in [4.69, 9.17) is 4.74 Å². The lowest BCUT2D eigenvalue weighted by atomic mass is 10.1. The standard InChI is InChI=1S/C16H27NO2/c1-4-9-17(10-5-2)13-14-7-8-15(12-16(14)18)19-11-6-3/h7-8,12,18H,4-6,9-11,13H2,1-3H3. The number of phenols is 1. The van der Waals surface area contributed by atoms with Crippen LogP contribution in [0.1, 0.15) is 45.6 Å². The Morgan fingerprint density at radius 2 is 1.74 bits per heavy atom. The summed E-state index contributed by atoms with van der Waals surface area (Å²) < 4.78 is 5.52. The second-order valence-corrected chi connectivity index (χ2v) is 4.92. The van der Waals surface area contributed by atoms with Crippen LogP contribution in [0.3, 0.4) is 0 Å². The van der Waals surface area contributed by atoms with Gasteiger partial charge in [0.2, 0.25) is 0 Å². The molecule has 3 heteroatoms. The fourth-order valence-corrected chi connectivity index (χ4v) is 2.13. The predicted octanol–water partition coefficient (Wildman–Crippen LogP) is 3.80. The van der Waals surface area contributed by atoms with Gasteiger partial charge in [-0.1, -0.05) is 26.8 Å². The van der Waals surface area contributed by atoms with Gasteiger partial charge in [-0.3, -0.25) is 4.90 Å². The molecule has 19 heavy (non-hydrogen) atoms. The number of nitrogens with zero attached hydrogens (tertiary/aromatic N) is 1. The maximum atomic E-state index is 10.1. The lowest BCUT2D eigenvalue weighted by molar-refractivity contribution is 0.262. The van der Waals surface area contributed by atoms with Gasteiger partial charge in [-0.15, -0.1) is 0 Å². The number of hydrogen-bond donors (Lipinski definition) is 1. The summed E-state index contributed by atoms with van der Waals surface area (Å²) in [6.45, 7) is 10.1. The Morgan fingerprint density at radius 3 is 2.26 bits per heavy atom. The Morgan fingerprint density at radius 1 is 1.05 bits per heavy atom. The van der Waals surface area contributed by atoms with Crippen molar-refractivity contribution in [1.29, 1.82) is 0 Å². The van der Waals surface area contributed by atoms with Crippen molar-refractivity contribution in [3.05, 3.63) is 23.8 Å². The van der Waals surface area contributed by atoms with Crippen LogP contribution in [0.2, 0.25) is 0 Å². The van der Waals surface area contributed by atoms with Crippen LogP contribution in [-0.2, 0) is 6.54 Å². The van der Waals surface area contributed by atoms with Gasteiger partial charge in [0, 0.05) is 18.2 Å². The van der Waals surface area contributed by atoms with Crippen molar-refractivity contribution in [3.63, 3.8) is 0 Å². The molecular formula is C16H27NO2. The largest absolute Gasteiger partial charge is 0.507 e. The monoisotopic (exact) mass is 265 g/mol. The summed E-state index contributed by atoms with van der Waals surface area (Å²) in [5, 5.41) is 10.1. The van der Waals surface area contributed by atoms with Crippen LogP contribution in [0.5, 0.6) is 11.5 Å². The van der Waals surface area contributed by atoms with E-state index in [0.717, 1.165) is 50.2 Å². The quantitative estimate of drug-likeness (QED) is 0.737. The van der Waals surface area contributed by atoms with E-state index in [1.807, 2.05) is 12.1 Å². The number of hydrogen-bond acceptors (Lipinski definition) is 3. The molecule has 0 saturated heterocycles. The van der Waals surface area contributed by atoms with Gasteiger partial charge in [0.25, 0.3) is 0 Å². The van der Waals surface area contributed by atoms with Crippen molar-refractivity contribution in [3.8, 4) is 11.5 Å². The van der Waals surface area contributed by atoms with Gasteiger partial charge in [0.1, 0.15) is 11.5 Å². The number of aromatic hydroxyl groups is 1. The smallest absolute Gasteiger partial charge is 0.123 e. The third kappa shape index (κ3) is 5.52. The first-order chi connectivity index (χ1) is 9.21. The highest BCUT2D eigenvalue weighted by Crippen LogP contribution is 2.25. The molecule has 3 nitrogen and oxygen atoms in total. The van der Waals surface area contributed by atoms with Crippen LogP contribution in [0.15, 0.2) is 18.2 Å². The van der Waals surface area contributed by atoms with E-state index in [0.29, 0.717) is 12.4 Å². The van der Waals surface area contributed by atoms with Gasteiger partial charge in [-0.2, -0.15) is 0 Å². The highest BCUT2D eigenvalue weighted by molar-refractivity contribution is 5.39. The zero-order valence-corrected chi connectivity index (χ0v) is 12.5. The average Bonchev–Trinajstić information content (AvgIpc) is 2.39. The van der Waals surface area contributed by atoms with Gasteiger partial charge >= 0.3 is 0 Å². The van der Waals surface area contributed by atoms with Crippen LogP contribution in [0.4, 0.5) is 0 Å². The lowest BCUT2D eigenvalue weighted by Gasteiger charge is -2.21. The maximum absolute atomic E-state index is 10.1. The fourth-order valence-electron chi connectivity index (χ4n) is 2.13. The summed E-state index contributed by atoms with van der Waals surface area (Å²) in [6, 6.07) is 5.64. The van der Waals surface area contributed by atoms with Crippen molar-refractivity contribution < 1.29 is 9.84 Å². The first-order valence-corrected chi connectivity index (χ1v) is 7.38. The van der Waals surface area contributed by atoms with Crippen LogP contribution in [0, 0.1) is 0 Å². The number of phenolic OH excluding ortho intramolecular Hbond substituents is 1. The predicted molar refractivity (Wildman–Crippen MR) is 79.8 cm³/mol. The van der Waals surface area contributed by atoms with Crippen molar-refractivity contribution in [2.45, 2.75) is 46.6 Å². The molecule has 0 atom stereocenters. The van der Waals surface area contributed by atoms with Gasteiger partial charge in [-0.25, -0.2) is 0 Å². The Labute approximate surface area is 117 Å². The van der Waals surface area contributed by atoms with Crippen LogP contribution < -0.4 is 4.74 Å². The van der Waals surface area contributed by atoms with E-state index in [2.05, 4.69) is 25.7 Å². The second-order valence-electron chi connectivity index (χ2n) is 4.92. The molecule has 0 heterocycles.